The van der Waals surface area contributed by atoms with Gasteiger partial charge in [-0.3, -0.25) is 14.4 Å². The van der Waals surface area contributed by atoms with Crippen molar-refractivity contribution in [3.63, 3.8) is 0 Å². The Morgan fingerprint density at radius 1 is 1.08 bits per heavy atom. The Morgan fingerprint density at radius 2 is 1.86 bits per heavy atom. The Labute approximate surface area is 210 Å². The summed E-state index contributed by atoms with van der Waals surface area (Å²) < 4.78 is 16.6. The van der Waals surface area contributed by atoms with Gasteiger partial charge in [0.1, 0.15) is 17.3 Å². The summed E-state index contributed by atoms with van der Waals surface area (Å²) in [7, 11) is 0. The lowest BCUT2D eigenvalue weighted by atomic mass is 10.1. The van der Waals surface area contributed by atoms with E-state index in [2.05, 4.69) is 5.32 Å². The van der Waals surface area contributed by atoms with Crippen molar-refractivity contribution in [1.82, 2.24) is 5.32 Å². The number of ketones is 1. The van der Waals surface area contributed by atoms with Crippen LogP contribution in [0.1, 0.15) is 45.7 Å². The third kappa shape index (κ3) is 5.94. The predicted octanol–water partition coefficient (Wildman–Crippen LogP) is 4.29. The molecule has 0 aliphatic carbocycles. The van der Waals surface area contributed by atoms with E-state index in [0.717, 1.165) is 16.7 Å². The molecule has 188 valence electrons. The molecule has 1 aromatic heterocycles. The number of amides is 2. The van der Waals surface area contributed by atoms with Gasteiger partial charge in [-0.15, -0.1) is 0 Å². The van der Waals surface area contributed by atoms with Gasteiger partial charge in [-0.1, -0.05) is 17.7 Å². The van der Waals surface area contributed by atoms with Crippen LogP contribution in [0, 0.1) is 20.8 Å². The highest BCUT2D eigenvalue weighted by Gasteiger charge is 2.26. The summed E-state index contributed by atoms with van der Waals surface area (Å²) in [6, 6.07) is 12.6. The molecule has 1 aliphatic rings. The van der Waals surface area contributed by atoms with E-state index in [9.17, 15) is 14.4 Å². The molecule has 0 fully saturated rings. The third-order valence-corrected chi connectivity index (χ3v) is 6.00. The predicted molar refractivity (Wildman–Crippen MR) is 135 cm³/mol. The Morgan fingerprint density at radius 3 is 2.58 bits per heavy atom. The number of Topliss-reactive ketones (excluding diaryl/α,β-unsaturated/α-hetero) is 1. The topological polar surface area (TPSA) is 98.1 Å². The summed E-state index contributed by atoms with van der Waals surface area (Å²) in [5.74, 6) is 1.36. The van der Waals surface area contributed by atoms with Crippen molar-refractivity contribution < 1.29 is 28.3 Å². The molecule has 8 heteroatoms. The van der Waals surface area contributed by atoms with E-state index in [1.54, 1.807) is 41.5 Å². The second-order valence-electron chi connectivity index (χ2n) is 8.92. The van der Waals surface area contributed by atoms with Crippen LogP contribution >= 0.6 is 0 Å². The number of anilines is 1. The van der Waals surface area contributed by atoms with Crippen molar-refractivity contribution >= 4 is 23.3 Å². The SMILES string of the molecule is Cc1cc(C)c(OCC(=O)c2ccc3c(c2)N(CCCC(=O)NCc2ccco2)C(=O)CO3)c(C)c1. The summed E-state index contributed by atoms with van der Waals surface area (Å²) >= 11 is 0. The average molecular weight is 491 g/mol. The zero-order valence-electron chi connectivity index (χ0n) is 20.8. The van der Waals surface area contributed by atoms with Crippen LogP contribution in [0.3, 0.4) is 0 Å². The van der Waals surface area contributed by atoms with Crippen molar-refractivity contribution in [2.75, 3.05) is 24.7 Å². The molecule has 3 aromatic rings. The lowest BCUT2D eigenvalue weighted by Gasteiger charge is -2.29. The van der Waals surface area contributed by atoms with E-state index in [-0.39, 0.29) is 37.2 Å². The molecule has 1 aliphatic heterocycles. The van der Waals surface area contributed by atoms with Crippen LogP contribution in [0.5, 0.6) is 11.5 Å². The maximum absolute atomic E-state index is 12.9. The van der Waals surface area contributed by atoms with Gasteiger partial charge in [-0.25, -0.2) is 0 Å². The molecule has 0 saturated heterocycles. The number of furan rings is 1. The first kappa shape index (κ1) is 25.0. The first-order valence-corrected chi connectivity index (χ1v) is 11.9. The fourth-order valence-corrected chi connectivity index (χ4v) is 4.32. The van der Waals surface area contributed by atoms with E-state index in [1.165, 1.54) is 0 Å². The number of ether oxygens (including phenoxy) is 2. The third-order valence-electron chi connectivity index (χ3n) is 6.00. The molecular weight excluding hydrogens is 460 g/mol. The number of fused-ring (bicyclic) bond motifs is 1. The number of carbonyl (C=O) groups is 3. The van der Waals surface area contributed by atoms with Gasteiger partial charge < -0.3 is 24.1 Å². The van der Waals surface area contributed by atoms with Gasteiger partial charge in [0.15, 0.2) is 19.0 Å². The van der Waals surface area contributed by atoms with E-state index < -0.39 is 0 Å². The normalized spacial score (nSPS) is 12.6. The molecule has 8 nitrogen and oxygen atoms in total. The molecular formula is C28H30N2O6. The fraction of sp³-hybridized carbons (Fsp3) is 0.321. The van der Waals surface area contributed by atoms with Gasteiger partial charge >= 0.3 is 0 Å². The summed E-state index contributed by atoms with van der Waals surface area (Å²) in [5, 5.41) is 2.80. The van der Waals surface area contributed by atoms with E-state index in [0.29, 0.717) is 48.0 Å². The monoisotopic (exact) mass is 490 g/mol. The van der Waals surface area contributed by atoms with Gasteiger partial charge in [-0.2, -0.15) is 0 Å². The minimum absolute atomic E-state index is 0.0833. The second-order valence-corrected chi connectivity index (χ2v) is 8.92. The van der Waals surface area contributed by atoms with Gasteiger partial charge in [0.2, 0.25) is 5.91 Å². The van der Waals surface area contributed by atoms with Crippen molar-refractivity contribution in [3.8, 4) is 11.5 Å². The minimum atomic E-state index is -0.217. The molecule has 0 unspecified atom stereocenters. The number of carbonyl (C=O) groups excluding carboxylic acids is 3. The number of hydrogen-bond donors (Lipinski definition) is 1. The fourth-order valence-electron chi connectivity index (χ4n) is 4.32. The van der Waals surface area contributed by atoms with Gasteiger partial charge in [-0.05, 0) is 68.7 Å². The van der Waals surface area contributed by atoms with Crippen molar-refractivity contribution in [2.45, 2.75) is 40.2 Å². The zero-order chi connectivity index (χ0) is 25.7. The van der Waals surface area contributed by atoms with Crippen LogP contribution in [0.25, 0.3) is 0 Å². The molecule has 0 atom stereocenters. The Kier molecular flexibility index (Phi) is 7.73. The smallest absolute Gasteiger partial charge is 0.265 e. The summed E-state index contributed by atoms with van der Waals surface area (Å²) in [6.07, 6.45) is 2.27. The molecule has 0 radical (unpaired) electrons. The Bertz CT molecular complexity index is 1240. The maximum Gasteiger partial charge on any atom is 0.265 e. The first-order chi connectivity index (χ1) is 17.3. The molecule has 2 amide bonds. The Hall–Kier alpha value is -4.07. The Balaban J connectivity index is 1.38. The lowest BCUT2D eigenvalue weighted by Crippen LogP contribution is -2.40. The number of hydrogen-bond acceptors (Lipinski definition) is 6. The number of nitrogens with one attached hydrogen (secondary N) is 1. The van der Waals surface area contributed by atoms with Crippen LogP contribution < -0.4 is 19.7 Å². The highest BCUT2D eigenvalue weighted by atomic mass is 16.5. The van der Waals surface area contributed by atoms with Gasteiger partial charge in [0, 0.05) is 18.5 Å². The highest BCUT2D eigenvalue weighted by molar-refractivity contribution is 6.02. The molecule has 0 spiro atoms. The summed E-state index contributed by atoms with van der Waals surface area (Å²) in [4.78, 5) is 39.3. The summed E-state index contributed by atoms with van der Waals surface area (Å²) in [6.45, 7) is 6.38. The first-order valence-electron chi connectivity index (χ1n) is 11.9. The van der Waals surface area contributed by atoms with Crippen LogP contribution in [0.2, 0.25) is 0 Å². The molecule has 36 heavy (non-hydrogen) atoms. The number of rotatable bonds is 10. The highest BCUT2D eigenvalue weighted by Crippen LogP contribution is 2.33. The van der Waals surface area contributed by atoms with Gasteiger partial charge in [0.25, 0.3) is 5.91 Å². The van der Waals surface area contributed by atoms with Crippen LogP contribution in [-0.4, -0.2) is 37.4 Å². The van der Waals surface area contributed by atoms with E-state index in [1.807, 2.05) is 32.9 Å². The van der Waals surface area contributed by atoms with Crippen LogP contribution in [-0.2, 0) is 16.1 Å². The van der Waals surface area contributed by atoms with Crippen LogP contribution in [0.15, 0.2) is 53.1 Å². The molecule has 2 aromatic carbocycles. The standard InChI is InChI=1S/C28H30N2O6/c1-18-12-19(2)28(20(3)13-18)36-16-24(31)21-8-9-25-23(14-21)30(27(33)17-35-25)10-4-7-26(32)29-15-22-6-5-11-34-22/h5-6,8-9,11-14H,4,7,10,15-17H2,1-3H3,(H,29,32). The molecule has 2 heterocycles. The number of aryl methyl sites for hydroxylation is 3. The van der Waals surface area contributed by atoms with E-state index >= 15 is 0 Å². The molecule has 0 bridgehead atoms. The van der Waals surface area contributed by atoms with Crippen molar-refractivity contribution in [3.05, 3.63) is 76.7 Å². The quantitative estimate of drug-likeness (QED) is 0.426. The van der Waals surface area contributed by atoms with Gasteiger partial charge in [0.05, 0.1) is 18.5 Å². The molecule has 0 saturated carbocycles. The minimum Gasteiger partial charge on any atom is -0.485 e. The largest absolute Gasteiger partial charge is 0.485 e. The average Bonchev–Trinajstić information content (AvgIpc) is 3.37. The maximum atomic E-state index is 12.9. The number of nitrogens with zero attached hydrogens (tertiary/aromatic N) is 1. The lowest BCUT2D eigenvalue weighted by molar-refractivity contribution is -0.123. The van der Waals surface area contributed by atoms with Crippen molar-refractivity contribution in [2.24, 2.45) is 0 Å². The van der Waals surface area contributed by atoms with E-state index in [4.69, 9.17) is 13.9 Å². The summed E-state index contributed by atoms with van der Waals surface area (Å²) in [5.41, 5.74) is 4.04. The molecule has 1 N–H and O–H groups in total. The molecule has 4 rings (SSSR count). The second kappa shape index (κ2) is 11.1. The van der Waals surface area contributed by atoms with Crippen LogP contribution in [0.4, 0.5) is 5.69 Å². The number of benzene rings is 2. The zero-order valence-corrected chi connectivity index (χ0v) is 20.8. The van der Waals surface area contributed by atoms with Crippen molar-refractivity contribution in [1.29, 1.82) is 0 Å².